The molecule has 0 radical (unpaired) electrons. The maximum absolute atomic E-state index is 11.4. The summed E-state index contributed by atoms with van der Waals surface area (Å²) in [6, 6.07) is 7.73. The lowest BCUT2D eigenvalue weighted by atomic mass is 10.2. The lowest BCUT2D eigenvalue weighted by Gasteiger charge is -1.91. The number of benzene rings is 1. The number of aromatic nitrogens is 1. The summed E-state index contributed by atoms with van der Waals surface area (Å²) >= 11 is 6.93. The zero-order valence-corrected chi connectivity index (χ0v) is 10.8. The number of hydrogen-bond donors (Lipinski definition) is 0. The Morgan fingerprint density at radius 3 is 3.06 bits per heavy atom. The van der Waals surface area contributed by atoms with Gasteiger partial charge in [-0.25, -0.2) is 4.98 Å². The largest absolute Gasteiger partial charge is 0.464 e. The van der Waals surface area contributed by atoms with Crippen LogP contribution in [0.3, 0.4) is 0 Å². The summed E-state index contributed by atoms with van der Waals surface area (Å²) in [5, 5.41) is 3.49. The minimum Gasteiger partial charge on any atom is -0.464 e. The van der Waals surface area contributed by atoms with Crippen molar-refractivity contribution >= 4 is 39.7 Å². The summed E-state index contributed by atoms with van der Waals surface area (Å²) in [4.78, 5) is 15.7. The van der Waals surface area contributed by atoms with E-state index in [2.05, 4.69) is 4.98 Å². The molecule has 1 aromatic carbocycles. The Labute approximate surface area is 112 Å². The van der Waals surface area contributed by atoms with E-state index in [4.69, 9.17) is 16.0 Å². The molecule has 2 aromatic heterocycles. The highest BCUT2D eigenvalue weighted by Crippen LogP contribution is 2.32. The van der Waals surface area contributed by atoms with Gasteiger partial charge < -0.3 is 4.42 Å². The lowest BCUT2D eigenvalue weighted by Crippen LogP contribution is -1.99. The molecule has 0 unspecified atom stereocenters. The predicted molar refractivity (Wildman–Crippen MR) is 72.4 cm³/mol. The first-order valence-corrected chi connectivity index (χ1v) is 6.72. The van der Waals surface area contributed by atoms with Gasteiger partial charge in [0.25, 0.3) is 0 Å². The lowest BCUT2D eigenvalue weighted by molar-refractivity contribution is 0.101. The average molecular weight is 278 g/mol. The topological polar surface area (TPSA) is 43.1 Å². The molecule has 0 aliphatic rings. The van der Waals surface area contributed by atoms with Crippen LogP contribution in [-0.4, -0.2) is 16.6 Å². The third-order valence-corrected chi connectivity index (χ3v) is 3.74. The van der Waals surface area contributed by atoms with Crippen LogP contribution in [0, 0.1) is 0 Å². The van der Waals surface area contributed by atoms with Crippen molar-refractivity contribution in [2.45, 2.75) is 0 Å². The summed E-state index contributed by atoms with van der Waals surface area (Å²) in [6.45, 7) is 0. The number of halogens is 1. The molecule has 18 heavy (non-hydrogen) atoms. The number of nitrogens with zero attached hydrogens (tertiary/aromatic N) is 1. The third-order valence-electron chi connectivity index (χ3n) is 2.62. The maximum Gasteiger partial charge on any atom is 0.196 e. The van der Waals surface area contributed by atoms with Crippen LogP contribution in [0.4, 0.5) is 0 Å². The molecule has 0 saturated carbocycles. The minimum atomic E-state index is -0.160. The molecule has 3 rings (SSSR count). The van der Waals surface area contributed by atoms with Crippen molar-refractivity contribution in [3.8, 4) is 10.6 Å². The second kappa shape index (κ2) is 4.55. The van der Waals surface area contributed by atoms with Gasteiger partial charge in [-0.05, 0) is 6.07 Å². The van der Waals surface area contributed by atoms with E-state index in [1.807, 2.05) is 24.3 Å². The molecule has 3 nitrogen and oxygen atoms in total. The number of carbonyl (C=O) groups is 1. The number of thiazole rings is 1. The number of ketones is 1. The van der Waals surface area contributed by atoms with Crippen molar-refractivity contribution in [3.63, 3.8) is 0 Å². The van der Waals surface area contributed by atoms with Gasteiger partial charge in [-0.2, -0.15) is 0 Å². The van der Waals surface area contributed by atoms with Gasteiger partial charge in [0.1, 0.15) is 22.5 Å². The van der Waals surface area contributed by atoms with E-state index in [1.54, 1.807) is 11.6 Å². The van der Waals surface area contributed by atoms with Crippen molar-refractivity contribution < 1.29 is 9.21 Å². The van der Waals surface area contributed by atoms with Crippen LogP contribution in [-0.2, 0) is 0 Å². The monoisotopic (exact) mass is 277 g/mol. The zero-order chi connectivity index (χ0) is 12.5. The Morgan fingerprint density at radius 2 is 2.22 bits per heavy atom. The first kappa shape index (κ1) is 11.4. The Morgan fingerprint density at radius 1 is 1.39 bits per heavy atom. The van der Waals surface area contributed by atoms with Crippen LogP contribution in [0.15, 0.2) is 40.3 Å². The molecule has 90 valence electrons. The van der Waals surface area contributed by atoms with Crippen molar-refractivity contribution in [2.75, 3.05) is 5.88 Å². The molecule has 0 fully saturated rings. The van der Waals surface area contributed by atoms with Crippen LogP contribution in [0.5, 0.6) is 0 Å². The third kappa shape index (κ3) is 1.83. The molecule has 2 heterocycles. The minimum absolute atomic E-state index is 0.0463. The Balaban J connectivity index is 2.09. The van der Waals surface area contributed by atoms with Gasteiger partial charge in [-0.15, -0.1) is 22.9 Å². The number of rotatable bonds is 3. The van der Waals surface area contributed by atoms with Gasteiger partial charge >= 0.3 is 0 Å². The molecule has 0 aliphatic heterocycles. The highest BCUT2D eigenvalue weighted by atomic mass is 35.5. The molecule has 0 bridgehead atoms. The molecule has 5 heteroatoms. The van der Waals surface area contributed by atoms with E-state index in [-0.39, 0.29) is 11.7 Å². The van der Waals surface area contributed by atoms with Crippen LogP contribution in [0.25, 0.3) is 21.5 Å². The smallest absolute Gasteiger partial charge is 0.196 e. The zero-order valence-electron chi connectivity index (χ0n) is 9.22. The van der Waals surface area contributed by atoms with E-state index in [1.165, 1.54) is 11.3 Å². The van der Waals surface area contributed by atoms with Crippen molar-refractivity contribution in [2.24, 2.45) is 0 Å². The van der Waals surface area contributed by atoms with Crippen molar-refractivity contribution in [1.29, 1.82) is 0 Å². The fourth-order valence-corrected chi connectivity index (χ4v) is 2.72. The number of hydrogen-bond acceptors (Lipinski definition) is 4. The summed E-state index contributed by atoms with van der Waals surface area (Å²) in [6.07, 6.45) is 1.67. The fourth-order valence-electron chi connectivity index (χ4n) is 1.74. The van der Waals surface area contributed by atoms with Gasteiger partial charge in [0, 0.05) is 10.8 Å². The number of alkyl halides is 1. The number of para-hydroxylation sites is 1. The summed E-state index contributed by atoms with van der Waals surface area (Å²) in [7, 11) is 0. The molecule has 0 amide bonds. The highest BCUT2D eigenvalue weighted by Gasteiger charge is 2.14. The molecule has 3 aromatic rings. The fraction of sp³-hybridized carbons (Fsp3) is 0.0769. The molecule has 0 aliphatic carbocycles. The predicted octanol–water partition coefficient (Wildman–Crippen LogP) is 3.98. The quantitative estimate of drug-likeness (QED) is 0.537. The maximum atomic E-state index is 11.4. The number of furan rings is 1. The number of Topliss-reactive ketones (excluding diaryl/α,β-unsaturated/α-hetero) is 1. The molecule has 0 spiro atoms. The SMILES string of the molecule is O=C(CCl)c1csc(-c2coc3ccccc23)n1. The highest BCUT2D eigenvalue weighted by molar-refractivity contribution is 7.13. The Bertz CT molecular complexity index is 716. The van der Waals surface area contributed by atoms with E-state index in [9.17, 15) is 4.79 Å². The van der Waals surface area contributed by atoms with Gasteiger partial charge in [-0.1, -0.05) is 18.2 Å². The van der Waals surface area contributed by atoms with Crippen molar-refractivity contribution in [3.05, 3.63) is 41.6 Å². The summed E-state index contributed by atoms with van der Waals surface area (Å²) in [5.74, 6) is -0.207. The standard InChI is InChI=1S/C13H8ClNO2S/c14-5-11(16)10-7-18-13(15-10)9-6-17-12-4-2-1-3-8(9)12/h1-4,6-7H,5H2. The van der Waals surface area contributed by atoms with Crippen LogP contribution in [0.1, 0.15) is 10.5 Å². The van der Waals surface area contributed by atoms with Gasteiger partial charge in [0.15, 0.2) is 5.78 Å². The van der Waals surface area contributed by atoms with Crippen LogP contribution < -0.4 is 0 Å². The molecule has 0 atom stereocenters. The first-order valence-electron chi connectivity index (χ1n) is 5.31. The molecular formula is C13H8ClNO2S. The van der Waals surface area contributed by atoms with Crippen molar-refractivity contribution in [1.82, 2.24) is 4.98 Å². The second-order valence-corrected chi connectivity index (χ2v) is 4.87. The van der Waals surface area contributed by atoms with E-state index < -0.39 is 0 Å². The Kier molecular flexibility index (Phi) is 2.89. The number of fused-ring (bicyclic) bond motifs is 1. The molecule has 0 N–H and O–H groups in total. The number of carbonyl (C=O) groups excluding carboxylic acids is 1. The van der Waals surface area contributed by atoms with Crippen LogP contribution in [0.2, 0.25) is 0 Å². The van der Waals surface area contributed by atoms with E-state index in [0.717, 1.165) is 21.5 Å². The van der Waals surface area contributed by atoms with Gasteiger partial charge in [0.2, 0.25) is 0 Å². The Hall–Kier alpha value is -1.65. The average Bonchev–Trinajstić information content (AvgIpc) is 3.03. The van der Waals surface area contributed by atoms with Crippen LogP contribution >= 0.6 is 22.9 Å². The second-order valence-electron chi connectivity index (χ2n) is 3.74. The normalized spacial score (nSPS) is 10.9. The van der Waals surface area contributed by atoms with E-state index in [0.29, 0.717) is 5.69 Å². The first-order chi connectivity index (χ1) is 8.79. The van der Waals surface area contributed by atoms with E-state index >= 15 is 0 Å². The van der Waals surface area contributed by atoms with Gasteiger partial charge in [-0.3, -0.25) is 4.79 Å². The molecule has 0 saturated heterocycles. The molecular weight excluding hydrogens is 270 g/mol. The van der Waals surface area contributed by atoms with Gasteiger partial charge in [0.05, 0.1) is 11.4 Å². The summed E-state index contributed by atoms with van der Waals surface area (Å²) < 4.78 is 5.46. The summed E-state index contributed by atoms with van der Waals surface area (Å²) in [5.41, 5.74) is 2.13.